The first kappa shape index (κ1) is 13.9. The van der Waals surface area contributed by atoms with Gasteiger partial charge in [-0.15, -0.1) is 0 Å². The van der Waals surface area contributed by atoms with E-state index in [1.165, 1.54) is 19.5 Å². The second kappa shape index (κ2) is 6.61. The molecule has 0 aromatic carbocycles. The fraction of sp³-hybridized carbons (Fsp3) is 0.643. The van der Waals surface area contributed by atoms with Crippen molar-refractivity contribution in [3.05, 3.63) is 12.1 Å². The van der Waals surface area contributed by atoms with Gasteiger partial charge in [-0.3, -0.25) is 0 Å². The monoisotopic (exact) mass is 264 g/mol. The summed E-state index contributed by atoms with van der Waals surface area (Å²) in [6.45, 7) is 9.21. The number of hydrogen-bond donors (Lipinski definition) is 2. The van der Waals surface area contributed by atoms with Gasteiger partial charge in [0, 0.05) is 13.1 Å². The van der Waals surface area contributed by atoms with Gasteiger partial charge in [0.1, 0.15) is 5.82 Å². The molecule has 0 bridgehead atoms. The Morgan fingerprint density at radius 2 is 2.32 bits per heavy atom. The van der Waals surface area contributed by atoms with Gasteiger partial charge in [0.25, 0.3) is 0 Å². The average molecular weight is 264 g/mol. The second-order valence-corrected chi connectivity index (χ2v) is 4.95. The highest BCUT2D eigenvalue weighted by Crippen LogP contribution is 2.22. The summed E-state index contributed by atoms with van der Waals surface area (Å²) in [6, 6.07) is 3.75. The van der Waals surface area contributed by atoms with Gasteiger partial charge in [0.05, 0.1) is 12.3 Å². The molecule has 1 unspecified atom stereocenters. The molecule has 0 aliphatic carbocycles. The van der Waals surface area contributed by atoms with Gasteiger partial charge < -0.3 is 20.7 Å². The van der Waals surface area contributed by atoms with Crippen LogP contribution < -0.4 is 15.8 Å². The predicted molar refractivity (Wildman–Crippen MR) is 78.5 cm³/mol. The van der Waals surface area contributed by atoms with Crippen molar-refractivity contribution in [2.75, 3.05) is 43.8 Å². The van der Waals surface area contributed by atoms with E-state index in [-0.39, 0.29) is 0 Å². The number of ether oxygens (including phenoxy) is 1. The summed E-state index contributed by atoms with van der Waals surface area (Å²) in [5, 5.41) is 3.38. The first-order valence-electron chi connectivity index (χ1n) is 7.08. The van der Waals surface area contributed by atoms with E-state index in [0.717, 1.165) is 18.9 Å². The molecule has 1 aromatic rings. The van der Waals surface area contributed by atoms with Gasteiger partial charge >= 0.3 is 0 Å². The number of nitrogens with one attached hydrogen (secondary N) is 1. The van der Waals surface area contributed by atoms with Crippen LogP contribution >= 0.6 is 0 Å². The predicted octanol–water partition coefficient (Wildman–Crippen LogP) is 1.82. The van der Waals surface area contributed by atoms with E-state index in [0.29, 0.717) is 24.1 Å². The number of rotatable bonds is 6. The summed E-state index contributed by atoms with van der Waals surface area (Å²) >= 11 is 0. The number of pyridine rings is 1. The third-order valence-corrected chi connectivity index (χ3v) is 3.56. The molecule has 0 radical (unpaired) electrons. The van der Waals surface area contributed by atoms with Gasteiger partial charge in [-0.05, 0) is 44.5 Å². The molecule has 2 heterocycles. The van der Waals surface area contributed by atoms with Crippen molar-refractivity contribution in [1.29, 1.82) is 0 Å². The fourth-order valence-electron chi connectivity index (χ4n) is 2.42. The quantitative estimate of drug-likeness (QED) is 0.820. The first-order chi connectivity index (χ1) is 9.22. The van der Waals surface area contributed by atoms with Gasteiger partial charge in [-0.25, -0.2) is 0 Å². The lowest BCUT2D eigenvalue weighted by Gasteiger charge is -2.14. The number of nitrogens with zero attached hydrogens (tertiary/aromatic N) is 2. The number of aromatic nitrogens is 1. The molecule has 0 saturated carbocycles. The third kappa shape index (κ3) is 3.73. The van der Waals surface area contributed by atoms with Gasteiger partial charge in [0.15, 0.2) is 0 Å². The Kier molecular flexibility index (Phi) is 4.85. The standard InChI is InChI=1S/C14H24N4O/c1-3-18-8-7-11(10-18)9-16-13-6-5-12(15)14(17-13)19-4-2/h5-6,11H,3-4,7-10,15H2,1-2H3,(H,16,17). The Labute approximate surface area is 115 Å². The highest BCUT2D eigenvalue weighted by atomic mass is 16.5. The Balaban J connectivity index is 1.87. The third-order valence-electron chi connectivity index (χ3n) is 3.56. The van der Waals surface area contributed by atoms with E-state index >= 15 is 0 Å². The topological polar surface area (TPSA) is 63.4 Å². The van der Waals surface area contributed by atoms with Crippen LogP contribution in [0.4, 0.5) is 11.5 Å². The van der Waals surface area contributed by atoms with E-state index in [1.807, 2.05) is 19.1 Å². The zero-order valence-electron chi connectivity index (χ0n) is 11.9. The molecule has 1 aromatic heterocycles. The van der Waals surface area contributed by atoms with Crippen molar-refractivity contribution in [2.45, 2.75) is 20.3 Å². The molecule has 106 valence electrons. The van der Waals surface area contributed by atoms with Crippen LogP contribution in [-0.4, -0.2) is 42.7 Å². The average Bonchev–Trinajstić information content (AvgIpc) is 2.88. The second-order valence-electron chi connectivity index (χ2n) is 4.95. The summed E-state index contributed by atoms with van der Waals surface area (Å²) in [5.74, 6) is 2.07. The molecule has 3 N–H and O–H groups in total. The highest BCUT2D eigenvalue weighted by molar-refractivity contribution is 5.53. The van der Waals surface area contributed by atoms with Crippen molar-refractivity contribution in [3.63, 3.8) is 0 Å². The van der Waals surface area contributed by atoms with Crippen molar-refractivity contribution in [2.24, 2.45) is 5.92 Å². The van der Waals surface area contributed by atoms with E-state index in [9.17, 15) is 0 Å². The van der Waals surface area contributed by atoms with E-state index in [2.05, 4.69) is 22.1 Å². The molecule has 1 saturated heterocycles. The molecule has 0 amide bonds. The Morgan fingerprint density at radius 3 is 3.00 bits per heavy atom. The number of hydrogen-bond acceptors (Lipinski definition) is 5. The number of anilines is 2. The molecule has 2 rings (SSSR count). The van der Waals surface area contributed by atoms with Crippen LogP contribution in [0.5, 0.6) is 5.88 Å². The normalized spacial score (nSPS) is 19.6. The fourth-order valence-corrected chi connectivity index (χ4v) is 2.42. The van der Waals surface area contributed by atoms with Crippen molar-refractivity contribution in [1.82, 2.24) is 9.88 Å². The highest BCUT2D eigenvalue weighted by Gasteiger charge is 2.20. The molecule has 5 nitrogen and oxygen atoms in total. The summed E-state index contributed by atoms with van der Waals surface area (Å²) in [4.78, 5) is 6.87. The lowest BCUT2D eigenvalue weighted by Crippen LogP contribution is -2.22. The zero-order valence-corrected chi connectivity index (χ0v) is 11.9. The minimum absolute atomic E-state index is 0.522. The minimum atomic E-state index is 0.522. The van der Waals surface area contributed by atoms with Crippen LogP contribution in [0.3, 0.4) is 0 Å². The Hall–Kier alpha value is -1.49. The SMILES string of the molecule is CCOc1nc(NCC2CCN(CC)C2)ccc1N. The van der Waals surface area contributed by atoms with Gasteiger partial charge in [-0.2, -0.15) is 4.98 Å². The van der Waals surface area contributed by atoms with Crippen LogP contribution in [0.2, 0.25) is 0 Å². The maximum absolute atomic E-state index is 5.81. The van der Waals surface area contributed by atoms with Crippen molar-refractivity contribution in [3.8, 4) is 5.88 Å². The molecule has 0 spiro atoms. The number of nitrogens with two attached hydrogens (primary N) is 1. The summed E-state index contributed by atoms with van der Waals surface area (Å²) in [7, 11) is 0. The Morgan fingerprint density at radius 1 is 1.47 bits per heavy atom. The lowest BCUT2D eigenvalue weighted by atomic mass is 10.1. The molecule has 1 atom stereocenters. The van der Waals surface area contributed by atoms with Crippen LogP contribution in [0.1, 0.15) is 20.3 Å². The van der Waals surface area contributed by atoms with E-state index in [1.54, 1.807) is 0 Å². The van der Waals surface area contributed by atoms with E-state index in [4.69, 9.17) is 10.5 Å². The molecule has 1 fully saturated rings. The molecular formula is C14H24N4O. The maximum atomic E-state index is 5.81. The molecule has 19 heavy (non-hydrogen) atoms. The van der Waals surface area contributed by atoms with Crippen LogP contribution in [0.25, 0.3) is 0 Å². The largest absolute Gasteiger partial charge is 0.476 e. The van der Waals surface area contributed by atoms with Crippen LogP contribution in [0.15, 0.2) is 12.1 Å². The van der Waals surface area contributed by atoms with Crippen LogP contribution in [-0.2, 0) is 0 Å². The number of nitrogen functional groups attached to an aromatic ring is 1. The Bertz CT molecular complexity index is 410. The number of likely N-dealkylation sites (tertiary alicyclic amines) is 1. The summed E-state index contributed by atoms with van der Waals surface area (Å²) in [6.07, 6.45) is 1.26. The summed E-state index contributed by atoms with van der Waals surface area (Å²) < 4.78 is 5.40. The summed E-state index contributed by atoms with van der Waals surface area (Å²) in [5.41, 5.74) is 6.40. The van der Waals surface area contributed by atoms with Gasteiger partial charge in [0.2, 0.25) is 5.88 Å². The zero-order chi connectivity index (χ0) is 13.7. The molecule has 5 heteroatoms. The van der Waals surface area contributed by atoms with Crippen molar-refractivity contribution >= 4 is 11.5 Å². The van der Waals surface area contributed by atoms with Gasteiger partial charge in [-0.1, -0.05) is 6.92 Å². The molecule has 1 aliphatic heterocycles. The smallest absolute Gasteiger partial charge is 0.239 e. The first-order valence-corrected chi connectivity index (χ1v) is 7.08. The minimum Gasteiger partial charge on any atom is -0.476 e. The van der Waals surface area contributed by atoms with E-state index < -0.39 is 0 Å². The van der Waals surface area contributed by atoms with Crippen molar-refractivity contribution < 1.29 is 4.74 Å². The van der Waals surface area contributed by atoms with Crippen LogP contribution in [0, 0.1) is 5.92 Å². The maximum Gasteiger partial charge on any atom is 0.239 e. The lowest BCUT2D eigenvalue weighted by molar-refractivity contribution is 0.329. The molecular weight excluding hydrogens is 240 g/mol. The molecule has 1 aliphatic rings.